The second kappa shape index (κ2) is 5.25. The van der Waals surface area contributed by atoms with Crippen molar-refractivity contribution >= 4 is 29.0 Å². The van der Waals surface area contributed by atoms with Crippen molar-refractivity contribution in [3.63, 3.8) is 0 Å². The van der Waals surface area contributed by atoms with Crippen molar-refractivity contribution in [3.05, 3.63) is 52.1 Å². The number of amidine groups is 1. The third-order valence-corrected chi connectivity index (χ3v) is 2.54. The summed E-state index contributed by atoms with van der Waals surface area (Å²) in [6.45, 7) is 0. The van der Waals surface area contributed by atoms with Gasteiger partial charge in [-0.25, -0.2) is 4.98 Å². The summed E-state index contributed by atoms with van der Waals surface area (Å²) in [4.78, 5) is 4.02. The number of halogens is 2. The summed E-state index contributed by atoms with van der Waals surface area (Å²) in [5, 5.41) is 8.28. The van der Waals surface area contributed by atoms with E-state index in [0.29, 0.717) is 27.2 Å². The fourth-order valence-corrected chi connectivity index (χ4v) is 1.85. The topological polar surface area (TPSA) is 72.0 Å². The lowest BCUT2D eigenvalue weighted by Gasteiger charge is -2.06. The lowest BCUT2D eigenvalue weighted by atomic mass is 10.2. The second-order valence-corrected chi connectivity index (χ2v) is 4.38. The van der Waals surface area contributed by atoms with Crippen molar-refractivity contribution in [2.75, 3.05) is 0 Å². The summed E-state index contributed by atoms with van der Waals surface area (Å²) in [7, 11) is 0. The van der Waals surface area contributed by atoms with E-state index < -0.39 is 0 Å². The van der Waals surface area contributed by atoms with E-state index in [2.05, 4.69) is 4.98 Å². The molecule has 0 amide bonds. The minimum absolute atomic E-state index is 0.0497. The number of pyridine rings is 1. The first-order chi connectivity index (χ1) is 8.54. The zero-order valence-electron chi connectivity index (χ0n) is 9.15. The molecule has 0 radical (unpaired) electrons. The van der Waals surface area contributed by atoms with Crippen molar-refractivity contribution in [1.82, 2.24) is 4.98 Å². The zero-order chi connectivity index (χ0) is 13.1. The van der Waals surface area contributed by atoms with Gasteiger partial charge in [0.15, 0.2) is 0 Å². The number of hydrogen-bond donors (Lipinski definition) is 2. The molecule has 1 aromatic heterocycles. The summed E-state index contributed by atoms with van der Waals surface area (Å²) in [5.74, 6) is 0.744. The Bertz CT molecular complexity index is 581. The monoisotopic (exact) mass is 281 g/mol. The molecule has 1 aromatic carbocycles. The first-order valence-electron chi connectivity index (χ1n) is 4.99. The normalized spacial score (nSPS) is 10.1. The Morgan fingerprint density at radius 3 is 2.44 bits per heavy atom. The standard InChI is InChI=1S/C12H9Cl2N3O/c13-8-4-9(14)6-10(5-8)18-11-3-7(12(15)16)1-2-17-11/h1-6H,(H3,15,16). The van der Waals surface area contributed by atoms with Crippen LogP contribution in [0.4, 0.5) is 0 Å². The maximum Gasteiger partial charge on any atom is 0.219 e. The smallest absolute Gasteiger partial charge is 0.219 e. The zero-order valence-corrected chi connectivity index (χ0v) is 10.7. The van der Waals surface area contributed by atoms with Crippen LogP contribution < -0.4 is 10.5 Å². The van der Waals surface area contributed by atoms with E-state index in [-0.39, 0.29) is 5.84 Å². The van der Waals surface area contributed by atoms with Gasteiger partial charge in [-0.1, -0.05) is 23.2 Å². The first kappa shape index (κ1) is 12.7. The summed E-state index contributed by atoms with van der Waals surface area (Å²) in [5.41, 5.74) is 5.92. The van der Waals surface area contributed by atoms with Gasteiger partial charge in [-0.15, -0.1) is 0 Å². The van der Waals surface area contributed by atoms with Crippen LogP contribution in [-0.2, 0) is 0 Å². The number of hydrogen-bond acceptors (Lipinski definition) is 3. The Morgan fingerprint density at radius 1 is 1.17 bits per heavy atom. The molecule has 2 rings (SSSR count). The highest BCUT2D eigenvalue weighted by Crippen LogP contribution is 2.27. The van der Waals surface area contributed by atoms with E-state index in [4.69, 9.17) is 39.1 Å². The predicted molar refractivity (Wildman–Crippen MR) is 71.8 cm³/mol. The van der Waals surface area contributed by atoms with Crippen LogP contribution >= 0.6 is 23.2 Å². The van der Waals surface area contributed by atoms with Crippen molar-refractivity contribution in [2.24, 2.45) is 5.73 Å². The fraction of sp³-hybridized carbons (Fsp3) is 0. The highest BCUT2D eigenvalue weighted by atomic mass is 35.5. The number of nitrogens with zero attached hydrogens (tertiary/aromatic N) is 1. The van der Waals surface area contributed by atoms with Crippen LogP contribution in [0.15, 0.2) is 36.5 Å². The third-order valence-electron chi connectivity index (χ3n) is 2.10. The summed E-state index contributed by atoms with van der Waals surface area (Å²) >= 11 is 11.7. The van der Waals surface area contributed by atoms with E-state index in [0.717, 1.165) is 0 Å². The number of rotatable bonds is 3. The van der Waals surface area contributed by atoms with Gasteiger partial charge in [0, 0.05) is 27.9 Å². The van der Waals surface area contributed by atoms with Gasteiger partial charge in [0.05, 0.1) is 0 Å². The fourth-order valence-electron chi connectivity index (χ4n) is 1.34. The number of nitrogens with two attached hydrogens (primary N) is 1. The average Bonchev–Trinajstić information content (AvgIpc) is 2.27. The van der Waals surface area contributed by atoms with Crippen LogP contribution in [0.3, 0.4) is 0 Å². The van der Waals surface area contributed by atoms with Crippen LogP contribution in [0.5, 0.6) is 11.6 Å². The quantitative estimate of drug-likeness (QED) is 0.668. The highest BCUT2D eigenvalue weighted by molar-refractivity contribution is 6.34. The third kappa shape index (κ3) is 3.12. The van der Waals surface area contributed by atoms with Gasteiger partial charge >= 0.3 is 0 Å². The lowest BCUT2D eigenvalue weighted by molar-refractivity contribution is 0.463. The van der Waals surface area contributed by atoms with E-state index in [1.807, 2.05) is 0 Å². The molecule has 0 unspecified atom stereocenters. The van der Waals surface area contributed by atoms with Gasteiger partial charge in [0.2, 0.25) is 5.88 Å². The van der Waals surface area contributed by atoms with E-state index in [9.17, 15) is 0 Å². The second-order valence-electron chi connectivity index (χ2n) is 3.50. The minimum atomic E-state index is -0.0497. The van der Waals surface area contributed by atoms with Gasteiger partial charge in [-0.05, 0) is 24.3 Å². The molecule has 0 fully saturated rings. The van der Waals surface area contributed by atoms with E-state index in [1.165, 1.54) is 6.20 Å². The molecule has 0 aliphatic carbocycles. The highest BCUT2D eigenvalue weighted by Gasteiger charge is 2.04. The summed E-state index contributed by atoms with van der Waals surface area (Å²) in [6.07, 6.45) is 1.51. The molecule has 18 heavy (non-hydrogen) atoms. The molecule has 2 aromatic rings. The summed E-state index contributed by atoms with van der Waals surface area (Å²) in [6, 6.07) is 8.04. The number of nitrogen functional groups attached to an aromatic ring is 1. The molecule has 0 saturated carbocycles. The molecule has 0 aliphatic heterocycles. The predicted octanol–water partition coefficient (Wildman–Crippen LogP) is 3.46. The average molecular weight is 282 g/mol. The molecule has 92 valence electrons. The van der Waals surface area contributed by atoms with Gasteiger partial charge in [-0.2, -0.15) is 0 Å². The number of nitrogens with one attached hydrogen (secondary N) is 1. The van der Waals surface area contributed by atoms with Crippen molar-refractivity contribution in [1.29, 1.82) is 5.41 Å². The van der Waals surface area contributed by atoms with Crippen LogP contribution in [0.25, 0.3) is 0 Å². The van der Waals surface area contributed by atoms with Crippen LogP contribution in [-0.4, -0.2) is 10.8 Å². The van der Waals surface area contributed by atoms with E-state index >= 15 is 0 Å². The lowest BCUT2D eigenvalue weighted by Crippen LogP contribution is -2.11. The molecule has 0 spiro atoms. The summed E-state index contributed by atoms with van der Waals surface area (Å²) < 4.78 is 5.50. The first-order valence-corrected chi connectivity index (χ1v) is 5.74. The molecular weight excluding hydrogens is 273 g/mol. The maximum atomic E-state index is 7.33. The van der Waals surface area contributed by atoms with Crippen LogP contribution in [0, 0.1) is 5.41 Å². The molecule has 0 saturated heterocycles. The Hall–Kier alpha value is -1.78. The Kier molecular flexibility index (Phi) is 3.69. The Balaban J connectivity index is 2.28. The van der Waals surface area contributed by atoms with Gasteiger partial charge in [0.1, 0.15) is 11.6 Å². The number of ether oxygens (including phenoxy) is 1. The molecule has 0 aliphatic rings. The molecule has 1 heterocycles. The molecular formula is C12H9Cl2N3O. The maximum absolute atomic E-state index is 7.33. The molecule has 0 bridgehead atoms. The number of benzene rings is 1. The van der Waals surface area contributed by atoms with Crippen LogP contribution in [0.1, 0.15) is 5.56 Å². The Labute approximate surface area is 114 Å². The molecule has 6 heteroatoms. The van der Waals surface area contributed by atoms with Gasteiger partial charge in [-0.3, -0.25) is 5.41 Å². The van der Waals surface area contributed by atoms with Crippen LogP contribution in [0.2, 0.25) is 10.0 Å². The Morgan fingerprint density at radius 2 is 1.83 bits per heavy atom. The van der Waals surface area contributed by atoms with Gasteiger partial charge in [0.25, 0.3) is 0 Å². The van der Waals surface area contributed by atoms with Crippen molar-refractivity contribution in [3.8, 4) is 11.6 Å². The molecule has 0 atom stereocenters. The van der Waals surface area contributed by atoms with Crippen molar-refractivity contribution in [2.45, 2.75) is 0 Å². The largest absolute Gasteiger partial charge is 0.439 e. The van der Waals surface area contributed by atoms with Gasteiger partial charge < -0.3 is 10.5 Å². The van der Waals surface area contributed by atoms with Crippen molar-refractivity contribution < 1.29 is 4.74 Å². The SMILES string of the molecule is N=C(N)c1ccnc(Oc2cc(Cl)cc(Cl)c2)c1. The number of aromatic nitrogens is 1. The molecule has 3 N–H and O–H groups in total. The molecule has 4 nitrogen and oxygen atoms in total. The minimum Gasteiger partial charge on any atom is -0.439 e. The van der Waals surface area contributed by atoms with E-state index in [1.54, 1.807) is 30.3 Å².